The van der Waals surface area contributed by atoms with Gasteiger partial charge in [-0.1, -0.05) is 6.07 Å². The smallest absolute Gasteiger partial charge is 0.169 e. The highest BCUT2D eigenvalue weighted by Gasteiger charge is 2.18. The average molecular weight is 291 g/mol. The number of fused-ring (bicyclic) bond motifs is 1. The Kier molecular flexibility index (Phi) is 2.90. The van der Waals surface area contributed by atoms with E-state index in [9.17, 15) is 8.78 Å². The van der Waals surface area contributed by atoms with Crippen LogP contribution in [0.15, 0.2) is 18.2 Å². The van der Waals surface area contributed by atoms with Gasteiger partial charge in [0.25, 0.3) is 0 Å². The van der Waals surface area contributed by atoms with Crippen molar-refractivity contribution in [2.24, 2.45) is 0 Å². The van der Waals surface area contributed by atoms with E-state index in [-0.39, 0.29) is 17.2 Å². The molecule has 0 saturated carbocycles. The van der Waals surface area contributed by atoms with Crippen LogP contribution < -0.4 is 5.73 Å². The molecule has 3 nitrogen and oxygen atoms in total. The summed E-state index contributed by atoms with van der Waals surface area (Å²) in [5, 5.41) is 0.757. The van der Waals surface area contributed by atoms with Crippen molar-refractivity contribution in [1.82, 2.24) is 9.97 Å². The third-order valence-electron chi connectivity index (χ3n) is 3.24. The van der Waals surface area contributed by atoms with Gasteiger partial charge in [-0.15, -0.1) is 11.3 Å². The Morgan fingerprint density at radius 1 is 1.10 bits per heavy atom. The predicted molar refractivity (Wildman–Crippen MR) is 76.7 cm³/mol. The lowest BCUT2D eigenvalue weighted by atomic mass is 10.1. The molecule has 6 heteroatoms. The number of aromatic nitrogens is 2. The third-order valence-corrected chi connectivity index (χ3v) is 4.34. The average Bonchev–Trinajstić information content (AvgIpc) is 2.65. The fourth-order valence-electron chi connectivity index (χ4n) is 2.10. The van der Waals surface area contributed by atoms with Crippen molar-refractivity contribution in [2.75, 3.05) is 5.73 Å². The number of thiophene rings is 1. The number of hydrogen-bond acceptors (Lipinski definition) is 4. The monoisotopic (exact) mass is 291 g/mol. The first kappa shape index (κ1) is 12.9. The number of halogens is 2. The first-order valence-electron chi connectivity index (χ1n) is 5.96. The van der Waals surface area contributed by atoms with Crippen molar-refractivity contribution in [3.8, 4) is 11.4 Å². The summed E-state index contributed by atoms with van der Waals surface area (Å²) in [5.41, 5.74) is 6.68. The number of hydrogen-bond donors (Lipinski definition) is 1. The van der Waals surface area contributed by atoms with Crippen LogP contribution in [0.25, 0.3) is 21.6 Å². The van der Waals surface area contributed by atoms with Gasteiger partial charge in [0.15, 0.2) is 5.82 Å². The lowest BCUT2D eigenvalue weighted by molar-refractivity contribution is 0.588. The molecule has 3 rings (SSSR count). The number of benzene rings is 1. The minimum Gasteiger partial charge on any atom is -0.383 e. The first-order chi connectivity index (χ1) is 9.49. The summed E-state index contributed by atoms with van der Waals surface area (Å²) < 4.78 is 27.6. The fourth-order valence-corrected chi connectivity index (χ4v) is 3.14. The van der Waals surface area contributed by atoms with E-state index in [0.29, 0.717) is 4.83 Å². The normalized spacial score (nSPS) is 11.2. The van der Waals surface area contributed by atoms with Crippen LogP contribution in [0.2, 0.25) is 0 Å². The second kappa shape index (κ2) is 4.49. The van der Waals surface area contributed by atoms with Crippen molar-refractivity contribution in [1.29, 1.82) is 0 Å². The molecule has 2 heterocycles. The lowest BCUT2D eigenvalue weighted by Gasteiger charge is -2.05. The van der Waals surface area contributed by atoms with Crippen molar-refractivity contribution in [2.45, 2.75) is 13.8 Å². The second-order valence-corrected chi connectivity index (χ2v) is 5.70. The number of nitrogens with zero attached hydrogens (tertiary/aromatic N) is 2. The Hall–Kier alpha value is -2.08. The summed E-state index contributed by atoms with van der Waals surface area (Å²) >= 11 is 1.44. The summed E-state index contributed by atoms with van der Waals surface area (Å²) in [5.74, 6) is -1.18. The summed E-state index contributed by atoms with van der Waals surface area (Å²) in [4.78, 5) is 10.0. The van der Waals surface area contributed by atoms with Gasteiger partial charge in [-0.05, 0) is 31.5 Å². The van der Waals surface area contributed by atoms with Crippen molar-refractivity contribution < 1.29 is 8.78 Å². The van der Waals surface area contributed by atoms with E-state index in [4.69, 9.17) is 5.73 Å². The van der Waals surface area contributed by atoms with Gasteiger partial charge in [-0.2, -0.15) is 0 Å². The molecular formula is C14H11F2N3S. The second-order valence-electron chi connectivity index (χ2n) is 4.49. The van der Waals surface area contributed by atoms with Crippen LogP contribution >= 0.6 is 11.3 Å². The van der Waals surface area contributed by atoms with Gasteiger partial charge < -0.3 is 5.73 Å². The molecule has 0 atom stereocenters. The van der Waals surface area contributed by atoms with Gasteiger partial charge in [0.2, 0.25) is 0 Å². The maximum Gasteiger partial charge on any atom is 0.169 e. The van der Waals surface area contributed by atoms with E-state index in [0.717, 1.165) is 15.8 Å². The van der Waals surface area contributed by atoms with Gasteiger partial charge in [0.1, 0.15) is 22.3 Å². The lowest BCUT2D eigenvalue weighted by Crippen LogP contribution is -2.00. The van der Waals surface area contributed by atoms with Crippen LogP contribution in [0, 0.1) is 25.5 Å². The number of nitrogen functional groups attached to an aromatic ring is 1. The van der Waals surface area contributed by atoms with Gasteiger partial charge >= 0.3 is 0 Å². The molecule has 0 spiro atoms. The van der Waals surface area contributed by atoms with Gasteiger partial charge in [0, 0.05) is 4.88 Å². The highest BCUT2D eigenvalue weighted by Crippen LogP contribution is 2.34. The molecule has 0 radical (unpaired) electrons. The standard InChI is InChI=1S/C14H11F2N3S/c1-6-7(2)20-14-10(6)12(17)18-13(19-14)11-8(15)4-3-5-9(11)16/h3-5H,1-2H3,(H2,17,18,19). The van der Waals surface area contributed by atoms with E-state index in [2.05, 4.69) is 9.97 Å². The van der Waals surface area contributed by atoms with E-state index >= 15 is 0 Å². The molecule has 0 aliphatic heterocycles. The molecule has 0 aliphatic rings. The third kappa shape index (κ3) is 1.84. The number of nitrogens with two attached hydrogens (primary N) is 1. The zero-order chi connectivity index (χ0) is 14.4. The number of rotatable bonds is 1. The van der Waals surface area contributed by atoms with Gasteiger partial charge in [-0.3, -0.25) is 0 Å². The van der Waals surface area contributed by atoms with Crippen LogP contribution in [0.5, 0.6) is 0 Å². The molecule has 0 aliphatic carbocycles. The van der Waals surface area contributed by atoms with Gasteiger partial charge in [-0.25, -0.2) is 18.7 Å². The quantitative estimate of drug-likeness (QED) is 0.741. The van der Waals surface area contributed by atoms with Crippen LogP contribution in [0.3, 0.4) is 0 Å². The highest BCUT2D eigenvalue weighted by atomic mass is 32.1. The molecule has 20 heavy (non-hydrogen) atoms. The minimum atomic E-state index is -0.700. The van der Waals surface area contributed by atoms with E-state index in [1.54, 1.807) is 0 Å². The van der Waals surface area contributed by atoms with Crippen LogP contribution in [0.4, 0.5) is 14.6 Å². The van der Waals surface area contributed by atoms with E-state index in [1.165, 1.54) is 29.5 Å². The number of aryl methyl sites for hydroxylation is 2. The summed E-state index contributed by atoms with van der Waals surface area (Å²) in [6.07, 6.45) is 0. The first-order valence-corrected chi connectivity index (χ1v) is 6.78. The Morgan fingerprint density at radius 3 is 2.40 bits per heavy atom. The summed E-state index contributed by atoms with van der Waals surface area (Å²) in [7, 11) is 0. The van der Waals surface area contributed by atoms with Crippen LogP contribution in [-0.4, -0.2) is 9.97 Å². The largest absolute Gasteiger partial charge is 0.383 e. The summed E-state index contributed by atoms with van der Waals surface area (Å²) in [6.45, 7) is 3.88. The maximum absolute atomic E-state index is 13.8. The van der Waals surface area contributed by atoms with Crippen molar-refractivity contribution in [3.05, 3.63) is 40.3 Å². The summed E-state index contributed by atoms with van der Waals surface area (Å²) in [6, 6.07) is 3.65. The highest BCUT2D eigenvalue weighted by molar-refractivity contribution is 7.18. The molecule has 3 aromatic rings. The molecule has 2 N–H and O–H groups in total. The molecule has 0 unspecified atom stereocenters. The molecule has 102 valence electrons. The fraction of sp³-hybridized carbons (Fsp3) is 0.143. The Morgan fingerprint density at radius 2 is 1.75 bits per heavy atom. The molecule has 1 aromatic carbocycles. The number of anilines is 1. The molecule has 0 amide bonds. The zero-order valence-electron chi connectivity index (χ0n) is 10.9. The SMILES string of the molecule is Cc1sc2nc(-c3c(F)cccc3F)nc(N)c2c1C. The topological polar surface area (TPSA) is 51.8 Å². The minimum absolute atomic E-state index is 0.0214. The van der Waals surface area contributed by atoms with Crippen LogP contribution in [-0.2, 0) is 0 Å². The predicted octanol–water partition coefficient (Wildman–Crippen LogP) is 3.84. The van der Waals surface area contributed by atoms with Crippen molar-refractivity contribution in [3.63, 3.8) is 0 Å². The maximum atomic E-state index is 13.8. The van der Waals surface area contributed by atoms with Crippen molar-refractivity contribution >= 4 is 27.4 Å². The molecule has 0 saturated heterocycles. The van der Waals surface area contributed by atoms with Crippen LogP contribution in [0.1, 0.15) is 10.4 Å². The molecule has 0 fully saturated rings. The molecular weight excluding hydrogens is 280 g/mol. The molecule has 0 bridgehead atoms. The Bertz CT molecular complexity index is 807. The Labute approximate surface area is 118 Å². The molecule has 2 aromatic heterocycles. The van der Waals surface area contributed by atoms with E-state index in [1.807, 2.05) is 13.8 Å². The zero-order valence-corrected chi connectivity index (χ0v) is 11.7. The van der Waals surface area contributed by atoms with E-state index < -0.39 is 11.6 Å². The van der Waals surface area contributed by atoms with Gasteiger partial charge in [0.05, 0.1) is 10.9 Å². The Balaban J connectivity index is 2.34.